The van der Waals surface area contributed by atoms with Gasteiger partial charge in [-0.2, -0.15) is 0 Å². The molecule has 2 rings (SSSR count). The summed E-state index contributed by atoms with van der Waals surface area (Å²) in [5.41, 5.74) is 4.27. The molecule has 1 atom stereocenters. The quantitative estimate of drug-likeness (QED) is 0.815. The van der Waals surface area contributed by atoms with E-state index in [1.54, 1.807) is 0 Å². The third-order valence-electron chi connectivity index (χ3n) is 3.69. The largest absolute Gasteiger partial charge is 0.383 e. The molecule has 0 radical (unpaired) electrons. The second-order valence-electron chi connectivity index (χ2n) is 4.83. The molecule has 2 heteroatoms. The molecule has 2 N–H and O–H groups in total. The van der Waals surface area contributed by atoms with Crippen LogP contribution in [0.1, 0.15) is 37.8 Å². The standard InChI is InChI=1S/C15H24N2/c1-3-12-7-5-8-13(4-2)15(12)17-11-14-9-6-10-16-14/h5,7-8,14,16-17H,3-4,6,9-11H2,1-2H3. The van der Waals surface area contributed by atoms with Crippen LogP contribution in [0.2, 0.25) is 0 Å². The Hall–Kier alpha value is -1.02. The lowest BCUT2D eigenvalue weighted by atomic mass is 10.0. The Balaban J connectivity index is 2.06. The predicted octanol–water partition coefficient (Wildman–Crippen LogP) is 2.98. The van der Waals surface area contributed by atoms with Crippen molar-refractivity contribution in [1.29, 1.82) is 0 Å². The SMILES string of the molecule is CCc1cccc(CC)c1NCC1CCCN1. The first-order valence-corrected chi connectivity index (χ1v) is 6.93. The predicted molar refractivity (Wildman–Crippen MR) is 74.7 cm³/mol. The van der Waals surface area contributed by atoms with E-state index in [1.165, 1.54) is 36.2 Å². The molecular formula is C15H24N2. The Kier molecular flexibility index (Phi) is 4.43. The van der Waals surface area contributed by atoms with E-state index in [9.17, 15) is 0 Å². The smallest absolute Gasteiger partial charge is 0.0405 e. The molecule has 0 saturated carbocycles. The van der Waals surface area contributed by atoms with Crippen molar-refractivity contribution in [2.75, 3.05) is 18.4 Å². The second kappa shape index (κ2) is 6.06. The molecule has 0 amide bonds. The van der Waals surface area contributed by atoms with Gasteiger partial charge < -0.3 is 10.6 Å². The van der Waals surface area contributed by atoms with Crippen LogP contribution >= 0.6 is 0 Å². The number of para-hydroxylation sites is 1. The number of hydrogen-bond acceptors (Lipinski definition) is 2. The van der Waals surface area contributed by atoms with E-state index in [1.807, 2.05) is 0 Å². The molecule has 0 aliphatic carbocycles. The van der Waals surface area contributed by atoms with Gasteiger partial charge in [-0.25, -0.2) is 0 Å². The monoisotopic (exact) mass is 232 g/mol. The summed E-state index contributed by atoms with van der Waals surface area (Å²) in [7, 11) is 0. The molecule has 1 aliphatic heterocycles. The highest BCUT2D eigenvalue weighted by molar-refractivity contribution is 5.58. The number of benzene rings is 1. The Morgan fingerprint density at radius 2 is 1.94 bits per heavy atom. The van der Waals surface area contributed by atoms with Crippen LogP contribution in [0.25, 0.3) is 0 Å². The van der Waals surface area contributed by atoms with Crippen LogP contribution in [0.3, 0.4) is 0 Å². The highest BCUT2D eigenvalue weighted by Gasteiger charge is 2.14. The van der Waals surface area contributed by atoms with Crippen LogP contribution in [0, 0.1) is 0 Å². The first-order valence-electron chi connectivity index (χ1n) is 6.93. The van der Waals surface area contributed by atoms with E-state index in [2.05, 4.69) is 42.7 Å². The summed E-state index contributed by atoms with van der Waals surface area (Å²) < 4.78 is 0. The fourth-order valence-corrected chi connectivity index (χ4v) is 2.63. The summed E-state index contributed by atoms with van der Waals surface area (Å²) in [4.78, 5) is 0. The zero-order chi connectivity index (χ0) is 12.1. The summed E-state index contributed by atoms with van der Waals surface area (Å²) in [6, 6.07) is 7.31. The average molecular weight is 232 g/mol. The lowest BCUT2D eigenvalue weighted by Crippen LogP contribution is -2.29. The van der Waals surface area contributed by atoms with E-state index in [0.29, 0.717) is 6.04 Å². The molecule has 1 aromatic rings. The van der Waals surface area contributed by atoms with Crippen LogP contribution in [0.5, 0.6) is 0 Å². The van der Waals surface area contributed by atoms with Crippen molar-refractivity contribution in [3.63, 3.8) is 0 Å². The molecule has 1 aliphatic rings. The summed E-state index contributed by atoms with van der Waals surface area (Å²) in [6.45, 7) is 6.70. The zero-order valence-corrected chi connectivity index (χ0v) is 11.1. The lowest BCUT2D eigenvalue weighted by Gasteiger charge is -2.18. The normalized spacial score (nSPS) is 19.5. The molecule has 17 heavy (non-hydrogen) atoms. The van der Waals surface area contributed by atoms with Crippen LogP contribution < -0.4 is 10.6 Å². The molecule has 1 heterocycles. The van der Waals surface area contributed by atoms with Gasteiger partial charge in [-0.1, -0.05) is 32.0 Å². The molecule has 1 unspecified atom stereocenters. The fraction of sp³-hybridized carbons (Fsp3) is 0.600. The second-order valence-corrected chi connectivity index (χ2v) is 4.83. The summed E-state index contributed by atoms with van der Waals surface area (Å²) in [6.07, 6.45) is 4.84. The van der Waals surface area contributed by atoms with Gasteiger partial charge in [0.25, 0.3) is 0 Å². The number of rotatable bonds is 5. The molecule has 94 valence electrons. The van der Waals surface area contributed by atoms with Gasteiger partial charge in [0, 0.05) is 18.3 Å². The van der Waals surface area contributed by atoms with Gasteiger partial charge in [-0.05, 0) is 43.4 Å². The Morgan fingerprint density at radius 1 is 1.24 bits per heavy atom. The van der Waals surface area contributed by atoms with Gasteiger partial charge in [-0.3, -0.25) is 0 Å². The maximum atomic E-state index is 3.66. The van der Waals surface area contributed by atoms with Crippen molar-refractivity contribution in [2.24, 2.45) is 0 Å². The summed E-state index contributed by atoms with van der Waals surface area (Å²) in [5.74, 6) is 0. The molecule has 0 spiro atoms. The molecule has 1 aromatic carbocycles. The Labute approximate surface area is 105 Å². The van der Waals surface area contributed by atoms with Crippen molar-refractivity contribution >= 4 is 5.69 Å². The Morgan fingerprint density at radius 3 is 2.47 bits per heavy atom. The van der Waals surface area contributed by atoms with Crippen LogP contribution in [-0.4, -0.2) is 19.1 Å². The molecule has 1 saturated heterocycles. The lowest BCUT2D eigenvalue weighted by molar-refractivity contribution is 0.633. The van der Waals surface area contributed by atoms with Gasteiger partial charge >= 0.3 is 0 Å². The third-order valence-corrected chi connectivity index (χ3v) is 3.69. The Bertz CT molecular complexity index is 332. The highest BCUT2D eigenvalue weighted by Crippen LogP contribution is 2.22. The summed E-state index contributed by atoms with van der Waals surface area (Å²) in [5, 5.41) is 7.20. The van der Waals surface area contributed by atoms with Crippen molar-refractivity contribution in [1.82, 2.24) is 5.32 Å². The molecular weight excluding hydrogens is 208 g/mol. The first-order chi connectivity index (χ1) is 8.35. The topological polar surface area (TPSA) is 24.1 Å². The molecule has 2 nitrogen and oxygen atoms in total. The van der Waals surface area contributed by atoms with Gasteiger partial charge in [0.05, 0.1) is 0 Å². The van der Waals surface area contributed by atoms with Crippen LogP contribution in [0.15, 0.2) is 18.2 Å². The van der Waals surface area contributed by atoms with E-state index in [-0.39, 0.29) is 0 Å². The van der Waals surface area contributed by atoms with E-state index >= 15 is 0 Å². The minimum absolute atomic E-state index is 0.657. The van der Waals surface area contributed by atoms with Crippen molar-refractivity contribution in [3.8, 4) is 0 Å². The zero-order valence-electron chi connectivity index (χ0n) is 11.1. The van der Waals surface area contributed by atoms with Crippen LogP contribution in [-0.2, 0) is 12.8 Å². The molecule has 0 bridgehead atoms. The maximum Gasteiger partial charge on any atom is 0.0405 e. The van der Waals surface area contributed by atoms with E-state index < -0.39 is 0 Å². The number of anilines is 1. The number of hydrogen-bond donors (Lipinski definition) is 2. The van der Waals surface area contributed by atoms with Crippen molar-refractivity contribution in [3.05, 3.63) is 29.3 Å². The average Bonchev–Trinajstić information content (AvgIpc) is 2.88. The molecule has 1 fully saturated rings. The van der Waals surface area contributed by atoms with E-state index in [4.69, 9.17) is 0 Å². The fourth-order valence-electron chi connectivity index (χ4n) is 2.63. The highest BCUT2D eigenvalue weighted by atomic mass is 15.0. The van der Waals surface area contributed by atoms with E-state index in [0.717, 1.165) is 19.4 Å². The van der Waals surface area contributed by atoms with Crippen molar-refractivity contribution in [2.45, 2.75) is 45.6 Å². The first kappa shape index (κ1) is 12.4. The number of aryl methyl sites for hydroxylation is 2. The molecule has 0 aromatic heterocycles. The van der Waals surface area contributed by atoms with Gasteiger partial charge in [0.1, 0.15) is 0 Å². The maximum absolute atomic E-state index is 3.66. The summed E-state index contributed by atoms with van der Waals surface area (Å²) >= 11 is 0. The minimum atomic E-state index is 0.657. The van der Waals surface area contributed by atoms with Gasteiger partial charge in [0.15, 0.2) is 0 Å². The third kappa shape index (κ3) is 3.01. The van der Waals surface area contributed by atoms with Gasteiger partial charge in [0.2, 0.25) is 0 Å². The van der Waals surface area contributed by atoms with Gasteiger partial charge in [-0.15, -0.1) is 0 Å². The van der Waals surface area contributed by atoms with Crippen molar-refractivity contribution < 1.29 is 0 Å². The number of nitrogens with one attached hydrogen (secondary N) is 2. The van der Waals surface area contributed by atoms with Crippen LogP contribution in [0.4, 0.5) is 5.69 Å². The minimum Gasteiger partial charge on any atom is -0.383 e.